The van der Waals surface area contributed by atoms with E-state index in [9.17, 15) is 9.59 Å². The quantitative estimate of drug-likeness (QED) is 0.166. The molecular weight excluding hydrogens is 592 g/mol. The van der Waals surface area contributed by atoms with Gasteiger partial charge in [0.1, 0.15) is 35.1 Å². The van der Waals surface area contributed by atoms with Gasteiger partial charge >= 0.3 is 11.9 Å². The number of esters is 2. The molecule has 2 aromatic rings. The van der Waals surface area contributed by atoms with Crippen LogP contribution in [0.2, 0.25) is 0 Å². The van der Waals surface area contributed by atoms with E-state index >= 15 is 0 Å². The molecule has 0 N–H and O–H groups in total. The molecule has 2 bridgehead atoms. The predicted octanol–water partition coefficient (Wildman–Crippen LogP) is 5.67. The van der Waals surface area contributed by atoms with E-state index in [1.54, 1.807) is 36.0 Å². The molecule has 10 rings (SSSR count). The van der Waals surface area contributed by atoms with Gasteiger partial charge < -0.3 is 28.4 Å². The molecule has 234 valence electrons. The number of carbonyl (C=O) groups excluding carboxylic acids is 2. The molecule has 8 aliphatic rings. The van der Waals surface area contributed by atoms with Crippen molar-refractivity contribution >= 4 is 29.5 Å². The van der Waals surface area contributed by atoms with E-state index in [1.807, 2.05) is 42.7 Å². The maximum atomic E-state index is 13.6. The summed E-state index contributed by atoms with van der Waals surface area (Å²) in [6, 6.07) is 18.2. The number of hydrogen-bond donors (Lipinski definition) is 0. The molecule has 6 fully saturated rings. The summed E-state index contributed by atoms with van der Waals surface area (Å²) in [5, 5.41) is 0. The summed E-state index contributed by atoms with van der Waals surface area (Å²) in [5.74, 6) is 0.227. The van der Waals surface area contributed by atoms with Crippen LogP contribution in [0.3, 0.4) is 0 Å². The molecule has 4 saturated heterocycles. The fraction of sp³-hybridized carbons (Fsp3) is 0.500. The van der Waals surface area contributed by atoms with Gasteiger partial charge in [0, 0.05) is 34.5 Å². The fourth-order valence-corrected chi connectivity index (χ4v) is 10.2. The lowest BCUT2D eigenvalue weighted by Crippen LogP contribution is -2.84. The Morgan fingerprint density at radius 2 is 1.69 bits per heavy atom. The molecule has 2 saturated carbocycles. The van der Waals surface area contributed by atoms with Crippen molar-refractivity contribution in [3.63, 3.8) is 0 Å². The summed E-state index contributed by atoms with van der Waals surface area (Å²) in [7, 11) is 0. The number of epoxide rings is 2. The molecule has 0 amide bonds. The highest BCUT2D eigenvalue weighted by molar-refractivity contribution is 7.98. The van der Waals surface area contributed by atoms with Crippen LogP contribution in [-0.4, -0.2) is 65.4 Å². The van der Waals surface area contributed by atoms with Crippen molar-refractivity contribution in [3.8, 4) is 0 Å². The second-order valence-electron chi connectivity index (χ2n) is 14.0. The number of benzene rings is 2. The Morgan fingerprint density at radius 3 is 2.36 bits per heavy atom. The predicted molar refractivity (Wildman–Crippen MR) is 165 cm³/mol. The third kappa shape index (κ3) is 3.33. The van der Waals surface area contributed by atoms with Crippen molar-refractivity contribution in [2.24, 2.45) is 17.3 Å². The average Bonchev–Trinajstić information content (AvgIpc) is 3.93. The molecule has 45 heavy (non-hydrogen) atoms. The van der Waals surface area contributed by atoms with E-state index < -0.39 is 28.2 Å². The summed E-state index contributed by atoms with van der Waals surface area (Å²) in [6.45, 7) is 6.69. The molecular formula is C36H36O8S. The maximum absolute atomic E-state index is 13.6. The Balaban J connectivity index is 1.17. The summed E-state index contributed by atoms with van der Waals surface area (Å²) in [4.78, 5) is 27.0. The monoisotopic (exact) mass is 628 g/mol. The van der Waals surface area contributed by atoms with Crippen molar-refractivity contribution < 1.29 is 38.0 Å². The first-order chi connectivity index (χ1) is 21.7. The van der Waals surface area contributed by atoms with Crippen molar-refractivity contribution in [1.82, 2.24) is 0 Å². The van der Waals surface area contributed by atoms with Crippen LogP contribution >= 0.6 is 11.8 Å². The number of cyclic esters (lactones) is 1. The normalized spacial score (nSPS) is 42.3. The third-order valence-electron chi connectivity index (χ3n) is 11.8. The Bertz CT molecular complexity index is 1680. The van der Waals surface area contributed by atoms with E-state index in [-0.39, 0.29) is 48.0 Å². The van der Waals surface area contributed by atoms with E-state index in [0.29, 0.717) is 34.8 Å². The molecule has 2 spiro atoms. The molecule has 3 aliphatic carbocycles. The number of rotatable bonds is 7. The summed E-state index contributed by atoms with van der Waals surface area (Å²) in [6.07, 6.45) is 3.45. The Kier molecular flexibility index (Phi) is 5.86. The Morgan fingerprint density at radius 1 is 1.00 bits per heavy atom. The molecule has 5 heterocycles. The van der Waals surface area contributed by atoms with Crippen LogP contribution in [0.15, 0.2) is 77.6 Å². The van der Waals surface area contributed by atoms with Crippen LogP contribution in [0.4, 0.5) is 0 Å². The topological polar surface area (TPSA) is 96.1 Å². The number of ether oxygens (including phenoxy) is 6. The van der Waals surface area contributed by atoms with Crippen molar-refractivity contribution in [2.75, 3.05) is 12.2 Å². The minimum absolute atomic E-state index is 0.0632. The van der Waals surface area contributed by atoms with Gasteiger partial charge in [-0.25, -0.2) is 9.59 Å². The van der Waals surface area contributed by atoms with E-state index in [0.717, 1.165) is 18.4 Å². The lowest BCUT2D eigenvalue weighted by atomic mass is 9.41. The van der Waals surface area contributed by atoms with Crippen LogP contribution in [0.5, 0.6) is 0 Å². The first-order valence-electron chi connectivity index (χ1n) is 15.9. The average molecular weight is 629 g/mol. The van der Waals surface area contributed by atoms with Gasteiger partial charge in [0.25, 0.3) is 0 Å². The molecule has 2 aromatic carbocycles. The molecule has 1 unspecified atom stereocenters. The maximum Gasteiger partial charge on any atom is 0.343 e. The lowest BCUT2D eigenvalue weighted by molar-refractivity contribution is -0.369. The summed E-state index contributed by atoms with van der Waals surface area (Å²) in [5.41, 5.74) is 0.412. The van der Waals surface area contributed by atoms with Gasteiger partial charge in [0.05, 0.1) is 17.6 Å². The zero-order valence-corrected chi connectivity index (χ0v) is 26.6. The van der Waals surface area contributed by atoms with Crippen LogP contribution in [0.25, 0.3) is 5.76 Å². The highest BCUT2D eigenvalue weighted by Gasteiger charge is 2.98. The van der Waals surface area contributed by atoms with E-state index in [2.05, 4.69) is 20.8 Å². The number of hydrogen-bond acceptors (Lipinski definition) is 9. The number of carbonyl (C=O) groups is 2. The largest absolute Gasteiger partial charge is 0.419 e. The van der Waals surface area contributed by atoms with Crippen molar-refractivity contribution in [3.05, 3.63) is 88.7 Å². The summed E-state index contributed by atoms with van der Waals surface area (Å²) < 4.78 is 39.5. The van der Waals surface area contributed by atoms with Crippen molar-refractivity contribution in [1.29, 1.82) is 0 Å². The molecule has 0 aromatic heterocycles. The standard InChI is InChI=1S/C36H36O8S/c1-19(2)35-28(43-35)29-36(44-29)33(3)16-15-22-24(25(33)23-17-34(36,42-23)32(35)39-18-45-4)27(41-31(22)38)26(20-11-7-5-8-12-20)40-30(37)21-13-9-6-10-14-21/h5-14,19,23,25,28-29,32H,15-18H2,1-4H3/b27-26+/t23?,25-,28-,29-,32-,33-,34+,35-,36+/m0/s1. The zero-order chi connectivity index (χ0) is 30.9. The molecule has 0 radical (unpaired) electrons. The highest BCUT2D eigenvalue weighted by atomic mass is 32.2. The van der Waals surface area contributed by atoms with Crippen molar-refractivity contribution in [2.45, 2.75) is 81.3 Å². The second-order valence-corrected chi connectivity index (χ2v) is 14.8. The van der Waals surface area contributed by atoms with Gasteiger partial charge in [-0.3, -0.25) is 0 Å². The van der Waals surface area contributed by atoms with Gasteiger partial charge in [0.15, 0.2) is 11.5 Å². The second kappa shape index (κ2) is 9.32. The first kappa shape index (κ1) is 28.3. The van der Waals surface area contributed by atoms with Crippen LogP contribution in [0.1, 0.15) is 56.0 Å². The molecule has 9 atom stereocenters. The van der Waals surface area contributed by atoms with E-state index in [4.69, 9.17) is 28.4 Å². The van der Waals surface area contributed by atoms with Crippen LogP contribution in [-0.2, 0) is 33.2 Å². The fourth-order valence-electron chi connectivity index (χ4n) is 9.91. The summed E-state index contributed by atoms with van der Waals surface area (Å²) >= 11 is 1.65. The van der Waals surface area contributed by atoms with Gasteiger partial charge in [-0.05, 0) is 37.1 Å². The first-order valence-corrected chi connectivity index (χ1v) is 17.3. The minimum Gasteiger partial charge on any atom is -0.419 e. The van der Waals surface area contributed by atoms with Crippen LogP contribution in [0, 0.1) is 17.3 Å². The number of thioether (sulfide) groups is 1. The zero-order valence-electron chi connectivity index (χ0n) is 25.7. The highest BCUT2D eigenvalue weighted by Crippen LogP contribution is 2.83. The molecule has 9 heteroatoms. The molecule has 5 aliphatic heterocycles. The van der Waals surface area contributed by atoms with E-state index in [1.165, 1.54) is 0 Å². The number of fused-ring (bicyclic) bond motifs is 2. The van der Waals surface area contributed by atoms with Gasteiger partial charge in [-0.15, -0.1) is 11.8 Å². The SMILES string of the molecule is CSCO[C@@H]1[C@@]2(C(C)C)O[C@H]2[C@@H]2O[C@@]23[C@@]2(C)CCC4=C(/C(=C(\OC(=O)c5ccccc5)c5ccccc5)OC4=O)[C@@H]2C2C[C@@]13O2. The van der Waals surface area contributed by atoms with Gasteiger partial charge in [-0.2, -0.15) is 0 Å². The van der Waals surface area contributed by atoms with Gasteiger partial charge in [0.2, 0.25) is 0 Å². The van der Waals surface area contributed by atoms with Crippen LogP contribution < -0.4 is 0 Å². The smallest absolute Gasteiger partial charge is 0.343 e. The number of allylic oxidation sites excluding steroid dienone is 1. The van der Waals surface area contributed by atoms with Gasteiger partial charge in [-0.1, -0.05) is 69.3 Å². The Hall–Kier alpha value is -2.95. The Labute approximate surface area is 266 Å². The third-order valence-corrected chi connectivity index (χ3v) is 12.2. The lowest BCUT2D eigenvalue weighted by Gasteiger charge is -2.70. The minimum atomic E-state index is -0.631. The molecule has 8 nitrogen and oxygen atoms in total.